The number of hydrogen-bond acceptors (Lipinski definition) is 4. The molecule has 0 saturated heterocycles. The summed E-state index contributed by atoms with van der Waals surface area (Å²) in [6, 6.07) is 4.58. The fourth-order valence-electron chi connectivity index (χ4n) is 2.56. The van der Waals surface area contributed by atoms with Crippen molar-refractivity contribution in [2.45, 2.75) is 59.0 Å². The van der Waals surface area contributed by atoms with Gasteiger partial charge in [-0.2, -0.15) is 0 Å². The van der Waals surface area contributed by atoms with Gasteiger partial charge in [0.2, 0.25) is 0 Å². The van der Waals surface area contributed by atoms with Gasteiger partial charge in [-0.25, -0.2) is 0 Å². The Morgan fingerprint density at radius 1 is 1.35 bits per heavy atom. The van der Waals surface area contributed by atoms with E-state index < -0.39 is 0 Å². The Kier molecular flexibility index (Phi) is 11.5. The molecule has 0 bridgehead atoms. The zero-order chi connectivity index (χ0) is 17.9. The van der Waals surface area contributed by atoms with Crippen LogP contribution in [0.25, 0.3) is 0 Å². The SMILES string of the molecule is CCCCN=C(NCCn1cnnc1CC)NC(CC)c1cccs1.I. The van der Waals surface area contributed by atoms with Crippen LogP contribution in [-0.4, -0.2) is 33.8 Å². The van der Waals surface area contributed by atoms with Crippen LogP contribution in [0.1, 0.15) is 56.8 Å². The molecule has 0 aliphatic rings. The summed E-state index contributed by atoms with van der Waals surface area (Å²) in [5.74, 6) is 1.91. The number of nitrogens with zero attached hydrogens (tertiary/aromatic N) is 4. The van der Waals surface area contributed by atoms with Crippen LogP contribution in [0.5, 0.6) is 0 Å². The van der Waals surface area contributed by atoms with Gasteiger partial charge in [0.05, 0.1) is 6.04 Å². The molecule has 0 amide bonds. The zero-order valence-electron chi connectivity index (χ0n) is 15.9. The molecule has 0 aromatic carbocycles. The van der Waals surface area contributed by atoms with Crippen molar-refractivity contribution in [2.24, 2.45) is 4.99 Å². The number of guanidine groups is 1. The quantitative estimate of drug-likeness (QED) is 0.229. The second kappa shape index (κ2) is 13.1. The number of aryl methyl sites for hydroxylation is 1. The standard InChI is InChI=1S/C18H30N6S.HI/c1-4-7-10-19-18(22-15(5-2)16-9-8-13-25-16)20-11-12-24-14-21-23-17(24)6-3;/h8-9,13-15H,4-7,10-12H2,1-3H3,(H2,19,20,22);1H. The van der Waals surface area contributed by atoms with Crippen LogP contribution in [0.2, 0.25) is 0 Å². The Labute approximate surface area is 177 Å². The molecular weight excluding hydrogens is 459 g/mol. The van der Waals surface area contributed by atoms with Gasteiger partial charge >= 0.3 is 0 Å². The molecule has 0 saturated carbocycles. The Morgan fingerprint density at radius 2 is 2.19 bits per heavy atom. The van der Waals surface area contributed by atoms with Gasteiger partial charge in [-0.3, -0.25) is 4.99 Å². The van der Waals surface area contributed by atoms with Crippen molar-refractivity contribution in [1.82, 2.24) is 25.4 Å². The largest absolute Gasteiger partial charge is 0.355 e. The molecule has 1 unspecified atom stereocenters. The van der Waals surface area contributed by atoms with E-state index in [0.717, 1.165) is 57.1 Å². The van der Waals surface area contributed by atoms with Crippen LogP contribution >= 0.6 is 35.3 Å². The molecule has 2 heterocycles. The summed E-state index contributed by atoms with van der Waals surface area (Å²) in [4.78, 5) is 6.08. The minimum absolute atomic E-state index is 0. The molecule has 1 atom stereocenters. The molecule has 2 aromatic rings. The Balaban J connectivity index is 0.00000338. The lowest BCUT2D eigenvalue weighted by molar-refractivity contribution is 0.594. The summed E-state index contributed by atoms with van der Waals surface area (Å²) in [7, 11) is 0. The van der Waals surface area contributed by atoms with Gasteiger partial charge in [0, 0.05) is 30.9 Å². The number of unbranched alkanes of at least 4 members (excludes halogenated alkanes) is 1. The average molecular weight is 490 g/mol. The predicted octanol–water partition coefficient (Wildman–Crippen LogP) is 4.01. The van der Waals surface area contributed by atoms with Crippen molar-refractivity contribution in [2.75, 3.05) is 13.1 Å². The monoisotopic (exact) mass is 490 g/mol. The van der Waals surface area contributed by atoms with Crippen LogP contribution in [0.4, 0.5) is 0 Å². The third kappa shape index (κ3) is 7.22. The van der Waals surface area contributed by atoms with Crippen molar-refractivity contribution in [3.63, 3.8) is 0 Å². The maximum absolute atomic E-state index is 4.73. The van der Waals surface area contributed by atoms with Gasteiger partial charge in [-0.15, -0.1) is 45.5 Å². The molecule has 0 aliphatic carbocycles. The fourth-order valence-corrected chi connectivity index (χ4v) is 3.43. The van der Waals surface area contributed by atoms with E-state index >= 15 is 0 Å². The van der Waals surface area contributed by atoms with Crippen molar-refractivity contribution in [1.29, 1.82) is 0 Å². The fraction of sp³-hybridized carbons (Fsp3) is 0.611. The van der Waals surface area contributed by atoms with E-state index in [9.17, 15) is 0 Å². The highest BCUT2D eigenvalue weighted by Crippen LogP contribution is 2.21. The number of rotatable bonds is 10. The minimum Gasteiger partial charge on any atom is -0.355 e. The van der Waals surface area contributed by atoms with Crippen LogP contribution in [0.15, 0.2) is 28.8 Å². The first-order chi connectivity index (χ1) is 12.3. The highest BCUT2D eigenvalue weighted by atomic mass is 127. The summed E-state index contributed by atoms with van der Waals surface area (Å²) in [5.41, 5.74) is 0. The van der Waals surface area contributed by atoms with E-state index in [1.807, 2.05) is 0 Å². The lowest BCUT2D eigenvalue weighted by atomic mass is 10.2. The van der Waals surface area contributed by atoms with Crippen LogP contribution in [0.3, 0.4) is 0 Å². The first-order valence-electron chi connectivity index (χ1n) is 9.23. The van der Waals surface area contributed by atoms with E-state index in [-0.39, 0.29) is 24.0 Å². The topological polar surface area (TPSA) is 67.1 Å². The molecule has 0 fully saturated rings. The number of aromatic nitrogens is 3. The van der Waals surface area contributed by atoms with E-state index in [4.69, 9.17) is 4.99 Å². The number of aliphatic imine (C=N–C) groups is 1. The van der Waals surface area contributed by atoms with E-state index in [1.54, 1.807) is 17.7 Å². The molecular formula is C18H31IN6S. The lowest BCUT2D eigenvalue weighted by Crippen LogP contribution is -2.40. The molecule has 2 rings (SSSR count). The van der Waals surface area contributed by atoms with Crippen LogP contribution < -0.4 is 10.6 Å². The maximum Gasteiger partial charge on any atom is 0.191 e. The van der Waals surface area contributed by atoms with Crippen LogP contribution in [0, 0.1) is 0 Å². The molecule has 0 aliphatic heterocycles. The number of halogens is 1. The smallest absolute Gasteiger partial charge is 0.191 e. The zero-order valence-corrected chi connectivity index (χ0v) is 19.1. The van der Waals surface area contributed by atoms with E-state index in [0.29, 0.717) is 6.04 Å². The van der Waals surface area contributed by atoms with Gasteiger partial charge in [0.25, 0.3) is 0 Å². The second-order valence-corrected chi connectivity index (χ2v) is 6.90. The third-order valence-corrected chi connectivity index (χ3v) is 5.03. The number of thiophene rings is 1. The summed E-state index contributed by atoms with van der Waals surface area (Å²) < 4.78 is 2.09. The van der Waals surface area contributed by atoms with Crippen molar-refractivity contribution in [3.05, 3.63) is 34.5 Å². The molecule has 2 aromatic heterocycles. The number of hydrogen-bond donors (Lipinski definition) is 2. The van der Waals surface area contributed by atoms with Gasteiger partial charge in [-0.1, -0.05) is 33.3 Å². The van der Waals surface area contributed by atoms with Crippen LogP contribution in [-0.2, 0) is 13.0 Å². The maximum atomic E-state index is 4.73. The highest BCUT2D eigenvalue weighted by Gasteiger charge is 2.12. The Hall–Kier alpha value is -1.16. The van der Waals surface area contributed by atoms with Crippen molar-refractivity contribution in [3.8, 4) is 0 Å². The summed E-state index contributed by atoms with van der Waals surface area (Å²) in [6.07, 6.45) is 5.97. The molecule has 6 nitrogen and oxygen atoms in total. The second-order valence-electron chi connectivity index (χ2n) is 5.93. The summed E-state index contributed by atoms with van der Waals surface area (Å²) >= 11 is 1.79. The van der Waals surface area contributed by atoms with Gasteiger partial charge in [-0.05, 0) is 24.3 Å². The van der Waals surface area contributed by atoms with Gasteiger partial charge < -0.3 is 15.2 Å². The average Bonchev–Trinajstić information content (AvgIpc) is 3.30. The highest BCUT2D eigenvalue weighted by molar-refractivity contribution is 14.0. The van der Waals surface area contributed by atoms with Gasteiger partial charge in [0.1, 0.15) is 12.2 Å². The lowest BCUT2D eigenvalue weighted by Gasteiger charge is -2.20. The minimum atomic E-state index is 0. The summed E-state index contributed by atoms with van der Waals surface area (Å²) in [5, 5.41) is 17.3. The molecule has 146 valence electrons. The van der Waals surface area contributed by atoms with Gasteiger partial charge in [0.15, 0.2) is 5.96 Å². The normalized spacial score (nSPS) is 12.5. The molecule has 8 heteroatoms. The first kappa shape index (κ1) is 22.9. The summed E-state index contributed by atoms with van der Waals surface area (Å²) in [6.45, 7) is 8.96. The molecule has 0 spiro atoms. The molecule has 2 N–H and O–H groups in total. The Bertz CT molecular complexity index is 625. The molecule has 0 radical (unpaired) electrons. The predicted molar refractivity (Wildman–Crippen MR) is 121 cm³/mol. The first-order valence-corrected chi connectivity index (χ1v) is 10.1. The third-order valence-electron chi connectivity index (χ3n) is 4.04. The van der Waals surface area contributed by atoms with Crippen molar-refractivity contribution >= 4 is 41.3 Å². The number of nitrogens with one attached hydrogen (secondary N) is 2. The van der Waals surface area contributed by atoms with Crippen molar-refractivity contribution < 1.29 is 0 Å². The van der Waals surface area contributed by atoms with E-state index in [1.165, 1.54) is 4.88 Å². The van der Waals surface area contributed by atoms with E-state index in [2.05, 4.69) is 63.7 Å². The molecule has 26 heavy (non-hydrogen) atoms. The Morgan fingerprint density at radius 3 is 2.85 bits per heavy atom.